The summed E-state index contributed by atoms with van der Waals surface area (Å²) in [6.45, 7) is 4.67. The maximum atomic E-state index is 12.9. The van der Waals surface area contributed by atoms with E-state index in [4.69, 9.17) is 4.74 Å². The summed E-state index contributed by atoms with van der Waals surface area (Å²) in [6, 6.07) is 16.3. The summed E-state index contributed by atoms with van der Waals surface area (Å²) in [6.07, 6.45) is 1.51. The first kappa shape index (κ1) is 23.0. The summed E-state index contributed by atoms with van der Waals surface area (Å²) in [7, 11) is 0. The van der Waals surface area contributed by atoms with E-state index < -0.39 is 22.4 Å². The average molecular weight is 454 g/mol. The Hall–Kier alpha value is -3.66. The zero-order chi connectivity index (χ0) is 22.9. The van der Waals surface area contributed by atoms with Gasteiger partial charge in [0.15, 0.2) is 5.03 Å². The minimum atomic E-state index is -0.819. The number of H-pyrrole nitrogens is 2. The van der Waals surface area contributed by atoms with Crippen molar-refractivity contribution in [3.63, 3.8) is 0 Å². The summed E-state index contributed by atoms with van der Waals surface area (Å²) in [5.74, 6) is 0.579. The summed E-state index contributed by atoms with van der Waals surface area (Å²) < 4.78 is 5.79. The number of benzene rings is 2. The summed E-state index contributed by atoms with van der Waals surface area (Å²) in [5.41, 5.74) is 2.49. The fourth-order valence-electron chi connectivity index (χ4n) is 2.63. The quantitative estimate of drug-likeness (QED) is 0.259. The number of rotatable bonds is 9. The molecule has 0 fully saturated rings. The monoisotopic (exact) mass is 453 g/mol. The Morgan fingerprint density at radius 2 is 1.88 bits per heavy atom. The maximum absolute atomic E-state index is 12.9. The van der Waals surface area contributed by atoms with Crippen LogP contribution in [0.2, 0.25) is 0 Å². The lowest BCUT2D eigenvalue weighted by atomic mass is 10.1. The molecule has 166 valence electrons. The highest BCUT2D eigenvalue weighted by atomic mass is 32.2. The lowest BCUT2D eigenvalue weighted by Crippen LogP contribution is -2.28. The lowest BCUT2D eigenvalue weighted by Gasteiger charge is -2.14. The molecule has 3 rings (SSSR count). The normalized spacial score (nSPS) is 12.1. The van der Waals surface area contributed by atoms with Crippen molar-refractivity contribution < 1.29 is 9.53 Å². The topological polar surface area (TPSA) is 129 Å². The van der Waals surface area contributed by atoms with Gasteiger partial charge in [0.05, 0.1) is 12.8 Å². The van der Waals surface area contributed by atoms with E-state index in [1.54, 1.807) is 24.3 Å². The van der Waals surface area contributed by atoms with E-state index in [0.717, 1.165) is 17.3 Å². The predicted octanol–water partition coefficient (Wildman–Crippen LogP) is 2.48. The minimum Gasteiger partial charge on any atom is -0.493 e. The second kappa shape index (κ2) is 11.1. The number of amides is 1. The Labute approximate surface area is 188 Å². The van der Waals surface area contributed by atoms with Crippen molar-refractivity contribution in [3.05, 3.63) is 86.6 Å². The molecule has 0 bridgehead atoms. The van der Waals surface area contributed by atoms with Crippen LogP contribution >= 0.6 is 11.8 Å². The van der Waals surface area contributed by atoms with E-state index in [0.29, 0.717) is 23.8 Å². The Kier molecular flexibility index (Phi) is 7.98. The molecule has 1 amide bonds. The van der Waals surface area contributed by atoms with Crippen LogP contribution in [0, 0.1) is 5.92 Å². The zero-order valence-corrected chi connectivity index (χ0v) is 18.4. The van der Waals surface area contributed by atoms with E-state index in [-0.39, 0.29) is 5.03 Å². The number of hydrogen-bond donors (Lipinski definition) is 3. The van der Waals surface area contributed by atoms with Gasteiger partial charge in [-0.25, -0.2) is 15.3 Å². The van der Waals surface area contributed by atoms with Crippen LogP contribution in [0.25, 0.3) is 0 Å². The van der Waals surface area contributed by atoms with Crippen molar-refractivity contribution in [1.82, 2.24) is 20.6 Å². The van der Waals surface area contributed by atoms with Gasteiger partial charge < -0.3 is 4.74 Å². The van der Waals surface area contributed by atoms with E-state index >= 15 is 0 Å². The SMILES string of the molecule is CC(C)COc1ccccc1/C=N\NC(=O)C(Sc1n[nH]c(=O)[nH]c1=O)c1ccccc1. The van der Waals surface area contributed by atoms with Gasteiger partial charge in [0.25, 0.3) is 11.5 Å². The smallest absolute Gasteiger partial charge is 0.342 e. The number of para-hydroxylation sites is 1. The van der Waals surface area contributed by atoms with Gasteiger partial charge in [-0.05, 0) is 23.6 Å². The highest BCUT2D eigenvalue weighted by Crippen LogP contribution is 2.32. The Morgan fingerprint density at radius 1 is 1.16 bits per heavy atom. The van der Waals surface area contributed by atoms with Crippen molar-refractivity contribution in [2.75, 3.05) is 6.61 Å². The Balaban J connectivity index is 1.78. The molecule has 0 saturated heterocycles. The molecular formula is C22H23N5O4S. The van der Waals surface area contributed by atoms with Crippen LogP contribution in [0.1, 0.15) is 30.2 Å². The molecular weight excluding hydrogens is 430 g/mol. The molecule has 1 heterocycles. The molecule has 0 spiro atoms. The number of carbonyl (C=O) groups excluding carboxylic acids is 1. The van der Waals surface area contributed by atoms with Crippen molar-refractivity contribution >= 4 is 23.9 Å². The molecule has 0 saturated carbocycles. The summed E-state index contributed by atoms with van der Waals surface area (Å²) >= 11 is 0.910. The van der Waals surface area contributed by atoms with Crippen LogP contribution in [0.3, 0.4) is 0 Å². The van der Waals surface area contributed by atoms with Crippen molar-refractivity contribution in [1.29, 1.82) is 0 Å². The predicted molar refractivity (Wildman–Crippen MR) is 123 cm³/mol. The molecule has 10 heteroatoms. The average Bonchev–Trinajstić information content (AvgIpc) is 2.78. The van der Waals surface area contributed by atoms with Gasteiger partial charge in [0.1, 0.15) is 11.0 Å². The number of carbonyl (C=O) groups is 1. The van der Waals surface area contributed by atoms with E-state index in [2.05, 4.69) is 39.6 Å². The first-order valence-electron chi connectivity index (χ1n) is 9.89. The molecule has 0 radical (unpaired) electrons. The molecule has 0 aliphatic carbocycles. The Bertz CT molecular complexity index is 1190. The first-order chi connectivity index (χ1) is 15.4. The summed E-state index contributed by atoms with van der Waals surface area (Å²) in [4.78, 5) is 38.3. The fraction of sp³-hybridized carbons (Fsp3) is 0.227. The van der Waals surface area contributed by atoms with Crippen LogP contribution in [-0.2, 0) is 4.79 Å². The number of hydrogen-bond acceptors (Lipinski definition) is 7. The van der Waals surface area contributed by atoms with Crippen molar-refractivity contribution in [3.8, 4) is 5.75 Å². The molecule has 32 heavy (non-hydrogen) atoms. The van der Waals surface area contributed by atoms with Crippen LogP contribution in [0.5, 0.6) is 5.75 Å². The number of nitrogens with one attached hydrogen (secondary N) is 3. The van der Waals surface area contributed by atoms with Gasteiger partial charge in [0.2, 0.25) is 0 Å². The second-order valence-corrected chi connectivity index (χ2v) is 8.29. The molecule has 2 aromatic carbocycles. The van der Waals surface area contributed by atoms with Crippen LogP contribution in [-0.4, -0.2) is 33.9 Å². The molecule has 3 N–H and O–H groups in total. The molecule has 1 unspecified atom stereocenters. The van der Waals surface area contributed by atoms with Gasteiger partial charge in [-0.1, -0.05) is 68.1 Å². The number of aromatic nitrogens is 3. The summed E-state index contributed by atoms with van der Waals surface area (Å²) in [5, 5.41) is 9.13. The van der Waals surface area contributed by atoms with Gasteiger partial charge in [-0.3, -0.25) is 14.6 Å². The van der Waals surface area contributed by atoms with Gasteiger partial charge >= 0.3 is 5.69 Å². The van der Waals surface area contributed by atoms with E-state index in [1.165, 1.54) is 6.21 Å². The molecule has 3 aromatic rings. The Morgan fingerprint density at radius 3 is 2.59 bits per heavy atom. The highest BCUT2D eigenvalue weighted by molar-refractivity contribution is 8.00. The molecule has 1 atom stereocenters. The fourth-order valence-corrected chi connectivity index (χ4v) is 3.56. The third-order valence-corrected chi connectivity index (χ3v) is 5.34. The molecule has 0 aliphatic rings. The van der Waals surface area contributed by atoms with Crippen LogP contribution in [0.15, 0.2) is 74.3 Å². The van der Waals surface area contributed by atoms with Crippen LogP contribution < -0.4 is 21.4 Å². The zero-order valence-electron chi connectivity index (χ0n) is 17.6. The van der Waals surface area contributed by atoms with Gasteiger partial charge in [-0.15, -0.1) is 0 Å². The minimum absolute atomic E-state index is 0.0370. The van der Waals surface area contributed by atoms with Gasteiger partial charge in [-0.2, -0.15) is 10.2 Å². The molecule has 0 aliphatic heterocycles. The number of nitrogens with zero attached hydrogens (tertiary/aromatic N) is 2. The van der Waals surface area contributed by atoms with Crippen LogP contribution in [0.4, 0.5) is 0 Å². The molecule has 9 nitrogen and oxygen atoms in total. The van der Waals surface area contributed by atoms with Crippen molar-refractivity contribution in [2.24, 2.45) is 11.0 Å². The van der Waals surface area contributed by atoms with E-state index in [9.17, 15) is 14.4 Å². The second-order valence-electron chi connectivity index (χ2n) is 7.20. The first-order valence-corrected chi connectivity index (χ1v) is 10.8. The van der Waals surface area contributed by atoms with E-state index in [1.807, 2.05) is 30.3 Å². The van der Waals surface area contributed by atoms with Gasteiger partial charge in [0, 0.05) is 5.56 Å². The largest absolute Gasteiger partial charge is 0.493 e. The number of ether oxygens (including phenoxy) is 1. The third kappa shape index (κ3) is 6.42. The molecule has 1 aromatic heterocycles. The number of hydrazone groups is 1. The third-order valence-electron chi connectivity index (χ3n) is 4.12. The highest BCUT2D eigenvalue weighted by Gasteiger charge is 2.24. The number of thioether (sulfide) groups is 1. The maximum Gasteiger partial charge on any atom is 0.342 e. The number of aromatic amines is 2. The standard InChI is InChI=1S/C22H23N5O4S/c1-14(2)13-31-17-11-7-6-10-16(17)12-23-25-19(28)18(15-8-4-3-5-9-15)32-21-20(29)24-22(30)27-26-21/h3-12,14,18H,13H2,1-2H3,(H,25,28)(H2,24,27,29,30)/b23-12-. The van der Waals surface area contributed by atoms with Crippen molar-refractivity contribution in [2.45, 2.75) is 24.1 Å². The lowest BCUT2D eigenvalue weighted by molar-refractivity contribution is -0.120.